The lowest BCUT2D eigenvalue weighted by atomic mass is 9.76. The minimum absolute atomic E-state index is 0.0665. The van der Waals surface area contributed by atoms with Gasteiger partial charge in [0, 0.05) is 23.2 Å². The molecule has 4 aliphatic rings. The van der Waals surface area contributed by atoms with Gasteiger partial charge >= 0.3 is 0 Å². The summed E-state index contributed by atoms with van der Waals surface area (Å²) < 4.78 is 11.8. The SMILES string of the molecule is CN1C=NN2c3cccc4c3C3(c5c(ccc6c7ccccc7c7cccc8c9cccn3c9[n+](c56)c78)O4)C12. The van der Waals surface area contributed by atoms with Crippen molar-refractivity contribution in [2.75, 3.05) is 12.1 Å². The number of hydrazone groups is 1. The van der Waals surface area contributed by atoms with Crippen LogP contribution in [0.25, 0.3) is 49.0 Å². The van der Waals surface area contributed by atoms with Crippen LogP contribution in [0.1, 0.15) is 11.1 Å². The number of hydrogen-bond acceptors (Lipinski definition) is 4. The quantitative estimate of drug-likeness (QED) is 0.236. The zero-order valence-corrected chi connectivity index (χ0v) is 21.0. The van der Waals surface area contributed by atoms with E-state index in [0.717, 1.165) is 17.2 Å². The van der Waals surface area contributed by atoms with Gasteiger partial charge in [0.2, 0.25) is 5.54 Å². The molecule has 1 spiro atoms. The highest BCUT2D eigenvalue weighted by Gasteiger charge is 2.67. The molecule has 0 saturated carbocycles. The molecule has 2 atom stereocenters. The first-order chi connectivity index (χ1) is 19.3. The topological polar surface area (TPSA) is 37.1 Å². The average molecular weight is 503 g/mol. The molecule has 0 aliphatic carbocycles. The number of hydrogen-bond donors (Lipinski definition) is 0. The van der Waals surface area contributed by atoms with Gasteiger partial charge in [0.05, 0.1) is 28.4 Å². The molecule has 7 heterocycles. The van der Waals surface area contributed by atoms with Crippen LogP contribution in [0.5, 0.6) is 11.5 Å². The van der Waals surface area contributed by atoms with Crippen molar-refractivity contribution >= 4 is 61.0 Å². The van der Waals surface area contributed by atoms with Crippen LogP contribution in [-0.4, -0.2) is 29.0 Å². The Labute approximate surface area is 222 Å². The van der Waals surface area contributed by atoms with E-state index >= 15 is 0 Å². The standard InChI is InChI=1S/C33H20N5O/c1-35-17-34-38-24-12-5-13-25-27(24)33(32(35)38)28-26(39-25)15-14-22-19-8-3-2-7-18(19)20-9-4-10-21-23-11-6-16-36(33)31(23)37(29(20)21)30(22)28/h2-17,32H,1H3/q+1. The predicted octanol–water partition coefficient (Wildman–Crippen LogP) is 6.09. The molecule has 6 heteroatoms. The largest absolute Gasteiger partial charge is 0.456 e. The molecule has 0 amide bonds. The molecule has 7 aromatic rings. The fraction of sp³-hybridized carbons (Fsp3) is 0.0909. The second kappa shape index (κ2) is 5.81. The van der Waals surface area contributed by atoms with Crippen LogP contribution < -0.4 is 14.1 Å². The van der Waals surface area contributed by atoms with Gasteiger partial charge in [-0.2, -0.15) is 9.50 Å². The lowest BCUT2D eigenvalue weighted by Crippen LogP contribution is -2.57. The summed E-state index contributed by atoms with van der Waals surface area (Å²) in [4.78, 5) is 2.26. The van der Waals surface area contributed by atoms with Crippen LogP contribution >= 0.6 is 0 Å². The molecule has 182 valence electrons. The summed E-state index contributed by atoms with van der Waals surface area (Å²) >= 11 is 0. The Hall–Kier alpha value is -5.10. The fourth-order valence-corrected chi connectivity index (χ4v) is 8.34. The van der Waals surface area contributed by atoms with Gasteiger partial charge in [-0.15, -0.1) is 0 Å². The van der Waals surface area contributed by atoms with Crippen LogP contribution in [0.2, 0.25) is 0 Å². The summed E-state index contributed by atoms with van der Waals surface area (Å²) in [5.41, 5.74) is 6.63. The number of para-hydroxylation sites is 1. The zero-order chi connectivity index (χ0) is 25.2. The van der Waals surface area contributed by atoms with Gasteiger partial charge in [-0.05, 0) is 53.2 Å². The van der Waals surface area contributed by atoms with Crippen molar-refractivity contribution < 1.29 is 9.14 Å². The Morgan fingerprint density at radius 1 is 0.718 bits per heavy atom. The molecule has 0 saturated heterocycles. The van der Waals surface area contributed by atoms with E-state index in [0.29, 0.717) is 0 Å². The summed E-state index contributed by atoms with van der Waals surface area (Å²) in [5.74, 6) is 1.82. The number of benzene rings is 4. The maximum atomic E-state index is 6.79. The van der Waals surface area contributed by atoms with E-state index in [1.807, 2.05) is 6.34 Å². The van der Waals surface area contributed by atoms with Gasteiger partial charge in [-0.25, -0.2) is 9.58 Å². The number of aromatic nitrogens is 2. The Morgan fingerprint density at radius 3 is 2.31 bits per heavy atom. The van der Waals surface area contributed by atoms with E-state index in [1.165, 1.54) is 60.1 Å². The molecule has 0 fully saturated rings. The molecule has 4 aromatic carbocycles. The minimum atomic E-state index is -0.556. The second-order valence-corrected chi connectivity index (χ2v) is 11.2. The number of nitrogens with zero attached hydrogens (tertiary/aromatic N) is 5. The van der Waals surface area contributed by atoms with E-state index < -0.39 is 5.54 Å². The smallest absolute Gasteiger partial charge is 0.296 e. The highest BCUT2D eigenvalue weighted by Crippen LogP contribution is 2.63. The first kappa shape index (κ1) is 19.0. The van der Waals surface area contributed by atoms with Crippen molar-refractivity contribution in [1.29, 1.82) is 0 Å². The van der Waals surface area contributed by atoms with E-state index in [4.69, 9.17) is 9.84 Å². The number of fused-ring (bicyclic) bond motifs is 6. The number of pyridine rings is 1. The predicted molar refractivity (Wildman–Crippen MR) is 153 cm³/mol. The van der Waals surface area contributed by atoms with E-state index in [-0.39, 0.29) is 6.17 Å². The zero-order valence-electron chi connectivity index (χ0n) is 21.0. The van der Waals surface area contributed by atoms with Gasteiger partial charge in [0.15, 0.2) is 11.7 Å². The van der Waals surface area contributed by atoms with E-state index in [1.54, 1.807) is 0 Å². The molecule has 0 N–H and O–H groups in total. The highest BCUT2D eigenvalue weighted by molar-refractivity contribution is 6.21. The van der Waals surface area contributed by atoms with Crippen molar-refractivity contribution in [2.45, 2.75) is 11.7 Å². The van der Waals surface area contributed by atoms with Crippen molar-refractivity contribution in [2.24, 2.45) is 5.10 Å². The van der Waals surface area contributed by atoms with Crippen molar-refractivity contribution in [3.63, 3.8) is 0 Å². The van der Waals surface area contributed by atoms with Crippen LogP contribution in [0.3, 0.4) is 0 Å². The number of anilines is 1. The summed E-state index contributed by atoms with van der Waals surface area (Å²) in [6.07, 6.45) is 4.16. The minimum Gasteiger partial charge on any atom is -0.456 e. The van der Waals surface area contributed by atoms with Gasteiger partial charge < -0.3 is 9.64 Å². The third-order valence-electron chi connectivity index (χ3n) is 9.56. The molecule has 2 unspecified atom stereocenters. The lowest BCUT2D eigenvalue weighted by molar-refractivity contribution is -0.453. The summed E-state index contributed by atoms with van der Waals surface area (Å²) in [5, 5.41) is 14.7. The molecule has 0 bridgehead atoms. The molecule has 11 rings (SSSR count). The molecule has 6 nitrogen and oxygen atoms in total. The van der Waals surface area contributed by atoms with Crippen LogP contribution in [0.15, 0.2) is 96.2 Å². The van der Waals surface area contributed by atoms with Crippen LogP contribution in [0, 0.1) is 0 Å². The lowest BCUT2D eigenvalue weighted by Gasteiger charge is -2.41. The van der Waals surface area contributed by atoms with Gasteiger partial charge in [-0.3, -0.25) is 0 Å². The number of ether oxygens (including phenoxy) is 1. The van der Waals surface area contributed by atoms with Crippen molar-refractivity contribution in [3.05, 3.63) is 102 Å². The molecule has 3 aromatic heterocycles. The molecular formula is C33H20N5O+. The molecule has 39 heavy (non-hydrogen) atoms. The van der Waals surface area contributed by atoms with Crippen molar-refractivity contribution in [1.82, 2.24) is 9.47 Å². The van der Waals surface area contributed by atoms with Crippen molar-refractivity contribution in [3.8, 4) is 11.5 Å². The van der Waals surface area contributed by atoms with E-state index in [2.05, 4.69) is 117 Å². The third-order valence-corrected chi connectivity index (χ3v) is 9.56. The first-order valence-corrected chi connectivity index (χ1v) is 13.4. The summed E-state index contributed by atoms with van der Waals surface area (Å²) in [7, 11) is 2.14. The monoisotopic (exact) mass is 502 g/mol. The Balaban J connectivity index is 1.55. The average Bonchev–Trinajstić information content (AvgIpc) is 3.59. The number of rotatable bonds is 0. The Kier molecular flexibility index (Phi) is 2.84. The third kappa shape index (κ3) is 1.75. The summed E-state index contributed by atoms with van der Waals surface area (Å²) in [6, 6.07) is 30.9. The number of likely N-dealkylation sites (N-methyl/N-ethyl adjacent to an activating group) is 1. The van der Waals surface area contributed by atoms with Crippen LogP contribution in [-0.2, 0) is 5.54 Å². The van der Waals surface area contributed by atoms with Gasteiger partial charge in [-0.1, -0.05) is 42.5 Å². The second-order valence-electron chi connectivity index (χ2n) is 11.2. The van der Waals surface area contributed by atoms with Crippen LogP contribution in [0.4, 0.5) is 5.69 Å². The maximum Gasteiger partial charge on any atom is 0.296 e. The molecule has 0 radical (unpaired) electrons. The molecule has 4 aliphatic heterocycles. The van der Waals surface area contributed by atoms with E-state index in [9.17, 15) is 0 Å². The fourth-order valence-electron chi connectivity index (χ4n) is 8.34. The highest BCUT2D eigenvalue weighted by atomic mass is 16.5. The maximum absolute atomic E-state index is 6.79. The Bertz CT molecular complexity index is 2370. The normalized spacial score (nSPS) is 21.3. The van der Waals surface area contributed by atoms with Gasteiger partial charge in [0.1, 0.15) is 23.4 Å². The van der Waals surface area contributed by atoms with Gasteiger partial charge in [0.25, 0.3) is 5.65 Å². The summed E-state index contributed by atoms with van der Waals surface area (Å²) in [6.45, 7) is 0. The first-order valence-electron chi connectivity index (χ1n) is 13.4. The molecular weight excluding hydrogens is 482 g/mol. The Morgan fingerprint density at radius 2 is 1.44 bits per heavy atom.